The van der Waals surface area contributed by atoms with E-state index in [0.29, 0.717) is 23.0 Å². The zero-order valence-corrected chi connectivity index (χ0v) is 18.4. The quantitative estimate of drug-likeness (QED) is 0.376. The largest absolute Gasteiger partial charge is 0.397 e. The van der Waals surface area contributed by atoms with Gasteiger partial charge < -0.3 is 20.9 Å². The van der Waals surface area contributed by atoms with Crippen molar-refractivity contribution < 1.29 is 9.18 Å². The number of amides is 1. The molecule has 2 aromatic carbocycles. The lowest BCUT2D eigenvalue weighted by Crippen LogP contribution is -2.13. The Labute approximate surface area is 189 Å². The Morgan fingerprint density at radius 1 is 1.09 bits per heavy atom. The second-order valence-corrected chi connectivity index (χ2v) is 7.68. The SMILES string of the molecule is Cc1ncc(-c2ncnc(Nc3ccc(C(=O)Nc4cc(F)ccc4N)cc3)n2)n1C(C)C. The summed E-state index contributed by atoms with van der Waals surface area (Å²) >= 11 is 0. The van der Waals surface area contributed by atoms with Gasteiger partial charge in [0.1, 0.15) is 23.7 Å². The topological polar surface area (TPSA) is 124 Å². The minimum atomic E-state index is -0.484. The fourth-order valence-corrected chi connectivity index (χ4v) is 3.42. The predicted molar refractivity (Wildman–Crippen MR) is 125 cm³/mol. The third-order valence-corrected chi connectivity index (χ3v) is 4.97. The summed E-state index contributed by atoms with van der Waals surface area (Å²) < 4.78 is 15.5. The van der Waals surface area contributed by atoms with Gasteiger partial charge in [0.05, 0.1) is 17.6 Å². The lowest BCUT2D eigenvalue weighted by molar-refractivity contribution is 0.102. The lowest BCUT2D eigenvalue weighted by atomic mass is 10.2. The van der Waals surface area contributed by atoms with E-state index in [4.69, 9.17) is 5.73 Å². The molecule has 1 amide bonds. The van der Waals surface area contributed by atoms with Gasteiger partial charge in [0.25, 0.3) is 5.91 Å². The Morgan fingerprint density at radius 3 is 2.58 bits per heavy atom. The van der Waals surface area contributed by atoms with Gasteiger partial charge in [0.15, 0.2) is 5.82 Å². The van der Waals surface area contributed by atoms with Gasteiger partial charge in [-0.1, -0.05) is 0 Å². The second kappa shape index (κ2) is 9.03. The standard InChI is InChI=1S/C23H23FN8O/c1-13(2)32-14(3)26-11-20(32)21-27-12-28-23(31-21)29-17-7-4-15(5-8-17)22(33)30-19-10-16(24)6-9-18(19)25/h4-13H,25H2,1-3H3,(H,30,33)(H,27,28,29,31). The van der Waals surface area contributed by atoms with Crippen molar-refractivity contribution in [2.45, 2.75) is 26.8 Å². The van der Waals surface area contributed by atoms with Crippen molar-refractivity contribution in [3.05, 3.63) is 72.2 Å². The van der Waals surface area contributed by atoms with Gasteiger partial charge in [-0.05, 0) is 63.2 Å². The summed E-state index contributed by atoms with van der Waals surface area (Å²) in [5, 5.41) is 5.72. The molecule has 4 rings (SSSR count). The average Bonchev–Trinajstić information content (AvgIpc) is 3.19. The molecule has 4 N–H and O–H groups in total. The molecule has 0 aliphatic rings. The van der Waals surface area contributed by atoms with Crippen LogP contribution in [-0.4, -0.2) is 30.4 Å². The van der Waals surface area contributed by atoms with Crippen molar-refractivity contribution in [2.24, 2.45) is 0 Å². The van der Waals surface area contributed by atoms with Crippen molar-refractivity contribution in [1.29, 1.82) is 0 Å². The van der Waals surface area contributed by atoms with Crippen LogP contribution >= 0.6 is 0 Å². The van der Waals surface area contributed by atoms with E-state index in [-0.39, 0.29) is 17.4 Å². The summed E-state index contributed by atoms with van der Waals surface area (Å²) in [6.07, 6.45) is 3.18. The smallest absolute Gasteiger partial charge is 0.255 e. The van der Waals surface area contributed by atoms with Gasteiger partial charge in [-0.2, -0.15) is 4.98 Å². The lowest BCUT2D eigenvalue weighted by Gasteiger charge is -2.13. The molecule has 0 bridgehead atoms. The first kappa shape index (κ1) is 21.9. The van der Waals surface area contributed by atoms with Crippen molar-refractivity contribution in [2.75, 3.05) is 16.4 Å². The van der Waals surface area contributed by atoms with Crippen molar-refractivity contribution >= 4 is 28.9 Å². The number of nitrogen functional groups attached to an aromatic ring is 1. The summed E-state index contributed by atoms with van der Waals surface area (Å²) in [4.78, 5) is 29.8. The molecular weight excluding hydrogens is 423 g/mol. The van der Waals surface area contributed by atoms with E-state index in [2.05, 4.69) is 49.0 Å². The Hall–Kier alpha value is -4.34. The van der Waals surface area contributed by atoms with E-state index in [1.165, 1.54) is 24.5 Å². The first-order valence-electron chi connectivity index (χ1n) is 10.3. The molecule has 2 heterocycles. The van der Waals surface area contributed by atoms with Crippen molar-refractivity contribution in [3.8, 4) is 11.5 Å². The molecule has 0 fully saturated rings. The Morgan fingerprint density at radius 2 is 1.85 bits per heavy atom. The molecule has 0 unspecified atom stereocenters. The van der Waals surface area contributed by atoms with Crippen LogP contribution in [0.5, 0.6) is 0 Å². The molecule has 10 heteroatoms. The molecule has 4 aromatic rings. The van der Waals surface area contributed by atoms with E-state index in [1.54, 1.807) is 30.5 Å². The van der Waals surface area contributed by atoms with Crippen LogP contribution in [0, 0.1) is 12.7 Å². The maximum atomic E-state index is 13.4. The van der Waals surface area contributed by atoms with Crippen LogP contribution < -0.4 is 16.4 Å². The first-order chi connectivity index (χ1) is 15.8. The molecule has 0 aliphatic carbocycles. The number of carbonyl (C=O) groups excluding carboxylic acids is 1. The zero-order valence-electron chi connectivity index (χ0n) is 18.4. The number of imidazole rings is 1. The van der Waals surface area contributed by atoms with E-state index in [0.717, 1.165) is 11.5 Å². The number of nitrogens with zero attached hydrogens (tertiary/aromatic N) is 5. The number of rotatable bonds is 6. The van der Waals surface area contributed by atoms with E-state index in [1.807, 2.05) is 6.92 Å². The summed E-state index contributed by atoms with van der Waals surface area (Å²) in [6, 6.07) is 10.7. The highest BCUT2D eigenvalue weighted by atomic mass is 19.1. The molecule has 0 saturated carbocycles. The molecule has 9 nitrogen and oxygen atoms in total. The Kier molecular flexibility index (Phi) is 5.99. The van der Waals surface area contributed by atoms with Gasteiger partial charge in [-0.15, -0.1) is 0 Å². The van der Waals surface area contributed by atoms with Crippen LogP contribution in [0.2, 0.25) is 0 Å². The third-order valence-electron chi connectivity index (χ3n) is 4.97. The normalized spacial score (nSPS) is 10.9. The number of anilines is 4. The van der Waals surface area contributed by atoms with Gasteiger partial charge in [0.2, 0.25) is 5.95 Å². The third kappa shape index (κ3) is 4.79. The maximum Gasteiger partial charge on any atom is 0.255 e. The summed E-state index contributed by atoms with van der Waals surface area (Å²) in [6.45, 7) is 6.07. The van der Waals surface area contributed by atoms with Crippen LogP contribution in [0.3, 0.4) is 0 Å². The second-order valence-electron chi connectivity index (χ2n) is 7.68. The van der Waals surface area contributed by atoms with Crippen molar-refractivity contribution in [1.82, 2.24) is 24.5 Å². The summed E-state index contributed by atoms with van der Waals surface area (Å²) in [7, 11) is 0. The fourth-order valence-electron chi connectivity index (χ4n) is 3.42. The number of aryl methyl sites for hydroxylation is 1. The fraction of sp³-hybridized carbons (Fsp3) is 0.174. The van der Waals surface area contributed by atoms with E-state index < -0.39 is 11.7 Å². The molecule has 0 saturated heterocycles. The highest BCUT2D eigenvalue weighted by Crippen LogP contribution is 2.23. The Bertz CT molecular complexity index is 1300. The molecule has 0 atom stereocenters. The maximum absolute atomic E-state index is 13.4. The number of carbonyl (C=O) groups is 1. The first-order valence-corrected chi connectivity index (χ1v) is 10.3. The van der Waals surface area contributed by atoms with Crippen LogP contribution in [0.1, 0.15) is 36.1 Å². The highest BCUT2D eigenvalue weighted by Gasteiger charge is 2.15. The number of nitrogens with two attached hydrogens (primary N) is 1. The van der Waals surface area contributed by atoms with Crippen LogP contribution in [0.4, 0.5) is 27.4 Å². The number of halogens is 1. The minimum Gasteiger partial charge on any atom is -0.397 e. The molecule has 0 radical (unpaired) electrons. The average molecular weight is 446 g/mol. The van der Waals surface area contributed by atoms with Crippen LogP contribution in [0.25, 0.3) is 11.5 Å². The van der Waals surface area contributed by atoms with Gasteiger partial charge in [-0.25, -0.2) is 19.3 Å². The van der Waals surface area contributed by atoms with Gasteiger partial charge in [-0.3, -0.25) is 4.79 Å². The monoisotopic (exact) mass is 446 g/mol. The number of hydrogen-bond donors (Lipinski definition) is 3. The molecule has 168 valence electrons. The Balaban J connectivity index is 1.49. The molecule has 0 aliphatic heterocycles. The van der Waals surface area contributed by atoms with E-state index in [9.17, 15) is 9.18 Å². The van der Waals surface area contributed by atoms with Crippen LogP contribution in [-0.2, 0) is 0 Å². The number of nitrogens with one attached hydrogen (secondary N) is 2. The van der Waals surface area contributed by atoms with Crippen molar-refractivity contribution in [3.63, 3.8) is 0 Å². The molecule has 33 heavy (non-hydrogen) atoms. The minimum absolute atomic E-state index is 0.206. The number of aromatic nitrogens is 5. The van der Waals surface area contributed by atoms with Gasteiger partial charge in [0, 0.05) is 17.3 Å². The van der Waals surface area contributed by atoms with Crippen LogP contribution in [0.15, 0.2) is 55.0 Å². The molecule has 2 aromatic heterocycles. The molecule has 0 spiro atoms. The van der Waals surface area contributed by atoms with Gasteiger partial charge >= 0.3 is 0 Å². The zero-order chi connectivity index (χ0) is 23.5. The number of benzene rings is 2. The predicted octanol–water partition coefficient (Wildman–Crippen LogP) is 4.34. The summed E-state index contributed by atoms with van der Waals surface area (Å²) in [5.74, 6) is 0.856. The highest BCUT2D eigenvalue weighted by molar-refractivity contribution is 6.05. The molecular formula is C23H23FN8O. The summed E-state index contributed by atoms with van der Waals surface area (Å²) in [5.41, 5.74) is 8.16. The number of hydrogen-bond acceptors (Lipinski definition) is 7. The van der Waals surface area contributed by atoms with E-state index >= 15 is 0 Å².